The highest BCUT2D eigenvalue weighted by atomic mass is 35.5. The lowest BCUT2D eigenvalue weighted by atomic mass is 10.0. The Bertz CT molecular complexity index is 446. The van der Waals surface area contributed by atoms with Gasteiger partial charge in [0.15, 0.2) is 0 Å². The fraction of sp³-hybridized carbons (Fsp3) is 0.462. The number of rotatable bonds is 5. The van der Waals surface area contributed by atoms with Crippen LogP contribution in [0.15, 0.2) is 12.1 Å². The molecule has 0 saturated carbocycles. The van der Waals surface area contributed by atoms with Gasteiger partial charge in [0.1, 0.15) is 11.8 Å². The van der Waals surface area contributed by atoms with Gasteiger partial charge in [0.25, 0.3) is 0 Å². The van der Waals surface area contributed by atoms with E-state index in [1.54, 1.807) is 12.1 Å². The second-order valence-corrected chi connectivity index (χ2v) is 4.91. The van der Waals surface area contributed by atoms with E-state index in [1.165, 1.54) is 7.11 Å². The SMILES string of the molecule is COc1cc(Cl)c(C)cc1NC(C(=O)O)C(C)C. The second kappa shape index (κ2) is 5.96. The van der Waals surface area contributed by atoms with Gasteiger partial charge in [0.2, 0.25) is 0 Å². The van der Waals surface area contributed by atoms with Gasteiger partial charge in [-0.15, -0.1) is 0 Å². The van der Waals surface area contributed by atoms with E-state index in [-0.39, 0.29) is 5.92 Å². The van der Waals surface area contributed by atoms with E-state index in [0.717, 1.165) is 5.56 Å². The van der Waals surface area contributed by atoms with E-state index in [4.69, 9.17) is 21.4 Å². The zero-order valence-corrected chi connectivity index (χ0v) is 11.7. The summed E-state index contributed by atoms with van der Waals surface area (Å²) in [4.78, 5) is 11.2. The van der Waals surface area contributed by atoms with Gasteiger partial charge in [-0.05, 0) is 24.5 Å². The largest absolute Gasteiger partial charge is 0.495 e. The molecule has 0 aromatic heterocycles. The van der Waals surface area contributed by atoms with Crippen molar-refractivity contribution in [1.82, 2.24) is 0 Å². The zero-order chi connectivity index (χ0) is 13.9. The molecule has 0 saturated heterocycles. The van der Waals surface area contributed by atoms with Crippen LogP contribution in [0.3, 0.4) is 0 Å². The van der Waals surface area contributed by atoms with Crippen LogP contribution in [0, 0.1) is 12.8 Å². The predicted octanol–water partition coefficient (Wildman–Crippen LogP) is 3.18. The van der Waals surface area contributed by atoms with E-state index in [0.29, 0.717) is 16.5 Å². The number of carbonyl (C=O) groups is 1. The van der Waals surface area contributed by atoms with Crippen molar-refractivity contribution < 1.29 is 14.6 Å². The Morgan fingerprint density at radius 3 is 2.50 bits per heavy atom. The predicted molar refractivity (Wildman–Crippen MR) is 72.6 cm³/mol. The van der Waals surface area contributed by atoms with E-state index < -0.39 is 12.0 Å². The standard InChI is InChI=1S/C13H18ClNO3/c1-7(2)12(13(16)17)15-10-5-8(3)9(14)6-11(10)18-4/h5-7,12,15H,1-4H3,(H,16,17). The maximum absolute atomic E-state index is 11.2. The number of nitrogens with one attached hydrogen (secondary N) is 1. The average molecular weight is 272 g/mol. The third kappa shape index (κ3) is 3.29. The van der Waals surface area contributed by atoms with Crippen molar-refractivity contribution in [3.63, 3.8) is 0 Å². The Morgan fingerprint density at radius 1 is 1.44 bits per heavy atom. The highest BCUT2D eigenvalue weighted by Crippen LogP contribution is 2.31. The number of hydrogen-bond donors (Lipinski definition) is 2. The summed E-state index contributed by atoms with van der Waals surface area (Å²) in [7, 11) is 1.53. The van der Waals surface area contributed by atoms with Crippen LogP contribution in [0.5, 0.6) is 5.75 Å². The molecule has 0 aliphatic heterocycles. The number of carboxylic acid groups (broad SMARTS) is 1. The van der Waals surface area contributed by atoms with Gasteiger partial charge in [-0.25, -0.2) is 4.79 Å². The highest BCUT2D eigenvalue weighted by molar-refractivity contribution is 6.31. The van der Waals surface area contributed by atoms with Gasteiger partial charge < -0.3 is 15.2 Å². The molecule has 4 nitrogen and oxygen atoms in total. The monoisotopic (exact) mass is 271 g/mol. The number of hydrogen-bond acceptors (Lipinski definition) is 3. The summed E-state index contributed by atoms with van der Waals surface area (Å²) in [5, 5.41) is 12.7. The maximum Gasteiger partial charge on any atom is 0.326 e. The maximum atomic E-state index is 11.2. The second-order valence-electron chi connectivity index (χ2n) is 4.51. The Balaban J connectivity index is 3.09. The van der Waals surface area contributed by atoms with Gasteiger partial charge in [-0.2, -0.15) is 0 Å². The van der Waals surface area contributed by atoms with Crippen LogP contribution in [-0.2, 0) is 4.79 Å². The number of aryl methyl sites for hydroxylation is 1. The third-order valence-corrected chi connectivity index (χ3v) is 3.13. The number of carboxylic acids is 1. The number of halogens is 1. The summed E-state index contributed by atoms with van der Waals surface area (Å²) in [5.74, 6) is -0.389. The summed E-state index contributed by atoms with van der Waals surface area (Å²) in [6.07, 6.45) is 0. The van der Waals surface area contributed by atoms with Crippen LogP contribution in [0.4, 0.5) is 5.69 Å². The van der Waals surface area contributed by atoms with Gasteiger partial charge in [-0.3, -0.25) is 0 Å². The van der Waals surface area contributed by atoms with Crippen molar-refractivity contribution in [2.75, 3.05) is 12.4 Å². The molecule has 1 atom stereocenters. The Hall–Kier alpha value is -1.42. The fourth-order valence-electron chi connectivity index (χ4n) is 1.63. The third-order valence-electron chi connectivity index (χ3n) is 2.72. The minimum atomic E-state index is -0.889. The van der Waals surface area contributed by atoms with Gasteiger partial charge in [0.05, 0.1) is 12.8 Å². The molecule has 18 heavy (non-hydrogen) atoms. The molecule has 0 heterocycles. The summed E-state index contributed by atoms with van der Waals surface area (Å²) in [5.41, 5.74) is 1.51. The number of ether oxygens (including phenoxy) is 1. The lowest BCUT2D eigenvalue weighted by molar-refractivity contribution is -0.138. The first-order valence-corrected chi connectivity index (χ1v) is 6.08. The van der Waals surface area contributed by atoms with Crippen molar-refractivity contribution in [3.8, 4) is 5.75 Å². The molecule has 100 valence electrons. The van der Waals surface area contributed by atoms with Crippen molar-refractivity contribution in [1.29, 1.82) is 0 Å². The Labute approximate surface area is 112 Å². The van der Waals surface area contributed by atoms with E-state index in [1.807, 2.05) is 20.8 Å². The van der Waals surface area contributed by atoms with E-state index in [9.17, 15) is 4.79 Å². The molecule has 0 fully saturated rings. The molecule has 0 spiro atoms. The molecular weight excluding hydrogens is 254 g/mol. The molecule has 0 radical (unpaired) electrons. The smallest absolute Gasteiger partial charge is 0.326 e. The lowest BCUT2D eigenvalue weighted by Gasteiger charge is -2.21. The minimum absolute atomic E-state index is 0.0387. The minimum Gasteiger partial charge on any atom is -0.495 e. The topological polar surface area (TPSA) is 58.6 Å². The molecule has 0 amide bonds. The summed E-state index contributed by atoms with van der Waals surface area (Å²) >= 11 is 6.00. The molecule has 5 heteroatoms. The first-order chi connectivity index (χ1) is 8.36. The highest BCUT2D eigenvalue weighted by Gasteiger charge is 2.22. The molecule has 1 aromatic carbocycles. The van der Waals surface area contributed by atoms with E-state index >= 15 is 0 Å². The molecule has 1 rings (SSSR count). The van der Waals surface area contributed by atoms with Gasteiger partial charge in [-0.1, -0.05) is 25.4 Å². The quantitative estimate of drug-likeness (QED) is 0.864. The van der Waals surface area contributed by atoms with Crippen LogP contribution < -0.4 is 10.1 Å². The number of methoxy groups -OCH3 is 1. The van der Waals surface area contributed by atoms with Crippen molar-refractivity contribution in [3.05, 3.63) is 22.7 Å². The average Bonchev–Trinajstić information content (AvgIpc) is 2.28. The van der Waals surface area contributed by atoms with Crippen LogP contribution in [0.2, 0.25) is 5.02 Å². The Morgan fingerprint density at radius 2 is 2.06 bits per heavy atom. The van der Waals surface area contributed by atoms with Crippen LogP contribution in [0.1, 0.15) is 19.4 Å². The van der Waals surface area contributed by atoms with Crippen molar-refractivity contribution in [2.45, 2.75) is 26.8 Å². The fourth-order valence-corrected chi connectivity index (χ4v) is 1.78. The lowest BCUT2D eigenvalue weighted by Crippen LogP contribution is -2.34. The molecule has 2 N–H and O–H groups in total. The molecule has 0 aliphatic carbocycles. The first-order valence-electron chi connectivity index (χ1n) is 5.70. The van der Waals surface area contributed by atoms with Crippen molar-refractivity contribution >= 4 is 23.3 Å². The van der Waals surface area contributed by atoms with Crippen LogP contribution in [0.25, 0.3) is 0 Å². The van der Waals surface area contributed by atoms with Gasteiger partial charge >= 0.3 is 5.97 Å². The normalized spacial score (nSPS) is 12.3. The molecule has 0 aliphatic rings. The number of anilines is 1. The summed E-state index contributed by atoms with van der Waals surface area (Å²) in [6.45, 7) is 5.56. The van der Waals surface area contributed by atoms with E-state index in [2.05, 4.69) is 5.32 Å². The molecule has 0 bridgehead atoms. The van der Waals surface area contributed by atoms with Crippen LogP contribution in [-0.4, -0.2) is 24.2 Å². The summed E-state index contributed by atoms with van der Waals surface area (Å²) in [6, 6.07) is 2.80. The van der Waals surface area contributed by atoms with Crippen LogP contribution >= 0.6 is 11.6 Å². The first kappa shape index (κ1) is 14.6. The Kier molecular flexibility index (Phi) is 4.84. The number of benzene rings is 1. The summed E-state index contributed by atoms with van der Waals surface area (Å²) < 4.78 is 5.20. The molecule has 1 unspecified atom stereocenters. The zero-order valence-electron chi connectivity index (χ0n) is 11.0. The molecular formula is C13H18ClNO3. The molecule has 1 aromatic rings. The number of aliphatic carboxylic acids is 1. The van der Waals surface area contributed by atoms with Crippen molar-refractivity contribution in [2.24, 2.45) is 5.92 Å². The van der Waals surface area contributed by atoms with Gasteiger partial charge in [0, 0.05) is 11.1 Å².